The molecule has 6 rings (SSSR count). The molecule has 0 bridgehead atoms. The second-order valence-corrected chi connectivity index (χ2v) is 13.5. The summed E-state index contributed by atoms with van der Waals surface area (Å²) in [7, 11) is 0. The number of rotatable bonds is 8. The molecule has 1 fully saturated rings. The van der Waals surface area contributed by atoms with Crippen molar-refractivity contribution in [1.82, 2.24) is 14.9 Å². The highest BCUT2D eigenvalue weighted by Gasteiger charge is 2.26. The number of nitrogens with zero attached hydrogens (tertiary/aromatic N) is 4. The molecule has 0 atom stereocenters. The molecule has 0 N–H and O–H groups in total. The van der Waals surface area contributed by atoms with Crippen molar-refractivity contribution in [2.45, 2.75) is 80.4 Å². The van der Waals surface area contributed by atoms with Gasteiger partial charge in [-0.05, 0) is 166 Å². The summed E-state index contributed by atoms with van der Waals surface area (Å²) in [5.41, 5.74) is 17.7. The topological polar surface area (TPSA) is 32.3 Å². The van der Waals surface area contributed by atoms with Gasteiger partial charge in [0.05, 0.1) is 11.4 Å². The molecule has 4 nitrogen and oxygen atoms in total. The van der Waals surface area contributed by atoms with Crippen LogP contribution in [0.15, 0.2) is 85.2 Å². The molecular weight excluding hydrogens is 667 g/mol. The Hall–Kier alpha value is -3.41. The van der Waals surface area contributed by atoms with Gasteiger partial charge in [-0.2, -0.15) is 0 Å². The van der Waals surface area contributed by atoms with E-state index >= 15 is 0 Å². The third kappa shape index (κ3) is 9.43. The SMILES string of the molecule is Cc1cccc(N(Cc2ccc(-c3cc(C)c(C)c(C)c3)nc2)C2CCN(Cc3ccnc(-c4cc(C)c(C)c(C)c4)c3)CC2)c1.Cl.Cl.Cl. The van der Waals surface area contributed by atoms with Crippen LogP contribution in [0, 0.1) is 48.5 Å². The molecule has 0 radical (unpaired) electrons. The van der Waals surface area contributed by atoms with Crippen LogP contribution in [0.2, 0.25) is 0 Å². The number of piperidine rings is 1. The molecule has 0 aliphatic carbocycles. The minimum atomic E-state index is 0. The summed E-state index contributed by atoms with van der Waals surface area (Å²) in [4.78, 5) is 14.9. The minimum Gasteiger partial charge on any atom is -0.364 e. The first-order valence-electron chi connectivity index (χ1n) is 16.8. The summed E-state index contributed by atoms with van der Waals surface area (Å²) < 4.78 is 0. The fourth-order valence-electron chi connectivity index (χ4n) is 6.87. The summed E-state index contributed by atoms with van der Waals surface area (Å²) in [5.74, 6) is 0. The van der Waals surface area contributed by atoms with Gasteiger partial charge in [0, 0.05) is 61.4 Å². The van der Waals surface area contributed by atoms with Gasteiger partial charge in [-0.3, -0.25) is 14.9 Å². The highest BCUT2D eigenvalue weighted by Crippen LogP contribution is 2.30. The van der Waals surface area contributed by atoms with Gasteiger partial charge in [0.2, 0.25) is 0 Å². The zero-order valence-corrected chi connectivity index (χ0v) is 32.4. The average Bonchev–Trinajstić information content (AvgIpc) is 3.05. The van der Waals surface area contributed by atoms with Gasteiger partial charge in [0.25, 0.3) is 0 Å². The molecule has 0 unspecified atom stereocenters. The van der Waals surface area contributed by atoms with E-state index < -0.39 is 0 Å². The van der Waals surface area contributed by atoms with Crippen molar-refractivity contribution in [3.8, 4) is 22.5 Å². The van der Waals surface area contributed by atoms with Crippen LogP contribution in [-0.2, 0) is 13.1 Å². The summed E-state index contributed by atoms with van der Waals surface area (Å²) >= 11 is 0. The third-order valence-electron chi connectivity index (χ3n) is 10.2. The Labute approximate surface area is 312 Å². The molecule has 0 amide bonds. The Morgan fingerprint density at radius 3 is 1.78 bits per heavy atom. The maximum Gasteiger partial charge on any atom is 0.0705 e. The van der Waals surface area contributed by atoms with E-state index in [1.807, 2.05) is 6.20 Å². The maximum atomic E-state index is 4.93. The Bertz CT molecular complexity index is 1800. The molecule has 7 heteroatoms. The summed E-state index contributed by atoms with van der Waals surface area (Å²) in [5, 5.41) is 0. The number of benzene rings is 3. The molecule has 3 aromatic carbocycles. The lowest BCUT2D eigenvalue weighted by Gasteiger charge is -2.40. The smallest absolute Gasteiger partial charge is 0.0705 e. The van der Waals surface area contributed by atoms with Crippen molar-refractivity contribution < 1.29 is 0 Å². The zero-order valence-electron chi connectivity index (χ0n) is 29.9. The van der Waals surface area contributed by atoms with Gasteiger partial charge in [-0.15, -0.1) is 37.2 Å². The van der Waals surface area contributed by atoms with E-state index in [9.17, 15) is 0 Å². The van der Waals surface area contributed by atoms with Crippen LogP contribution in [0.1, 0.15) is 62.9 Å². The fraction of sp³-hybridized carbons (Fsp3) is 0.333. The molecule has 1 aliphatic rings. The molecular formula is C42H51Cl3N4. The van der Waals surface area contributed by atoms with Crippen LogP contribution in [-0.4, -0.2) is 34.0 Å². The Kier molecular flexibility index (Phi) is 14.3. The molecule has 1 saturated heterocycles. The van der Waals surface area contributed by atoms with Crippen LogP contribution in [0.4, 0.5) is 5.69 Å². The standard InChI is InChI=1S/C42H48N4.3ClH/c1-28-9-8-10-40(19-28)46(27-36-11-12-41(44-25-36)37-20-29(2)33(6)30(3)21-37)39-14-17-45(18-15-39)26-35-13-16-43-42(24-35)38-22-31(4)34(7)32(5)23-38;;;/h8-13,16,19-25,39H,14-15,17-18,26-27H2,1-7H3;3*1H. The minimum absolute atomic E-state index is 0. The highest BCUT2D eigenvalue weighted by atomic mass is 35.5. The Balaban J connectivity index is 0.00000217. The highest BCUT2D eigenvalue weighted by molar-refractivity contribution is 5.86. The first-order valence-corrected chi connectivity index (χ1v) is 16.8. The number of aromatic nitrogens is 2. The Morgan fingerprint density at radius 2 is 1.22 bits per heavy atom. The molecule has 1 aliphatic heterocycles. The lowest BCUT2D eigenvalue weighted by Crippen LogP contribution is -2.44. The van der Waals surface area contributed by atoms with Crippen molar-refractivity contribution in [2.24, 2.45) is 0 Å². The molecule has 0 saturated carbocycles. The predicted molar refractivity (Wildman–Crippen MR) is 215 cm³/mol. The first kappa shape index (κ1) is 40.0. The second-order valence-electron chi connectivity index (χ2n) is 13.5. The van der Waals surface area contributed by atoms with E-state index in [4.69, 9.17) is 9.97 Å². The van der Waals surface area contributed by atoms with E-state index in [-0.39, 0.29) is 37.2 Å². The van der Waals surface area contributed by atoms with Crippen LogP contribution in [0.5, 0.6) is 0 Å². The molecule has 260 valence electrons. The van der Waals surface area contributed by atoms with Crippen LogP contribution in [0.3, 0.4) is 0 Å². The van der Waals surface area contributed by atoms with E-state index in [1.165, 1.54) is 66.9 Å². The third-order valence-corrected chi connectivity index (χ3v) is 10.2. The summed E-state index contributed by atoms with van der Waals surface area (Å²) in [6, 6.07) is 27.4. The van der Waals surface area contributed by atoms with Gasteiger partial charge in [0.1, 0.15) is 0 Å². The van der Waals surface area contributed by atoms with Crippen molar-refractivity contribution in [3.05, 3.63) is 135 Å². The zero-order chi connectivity index (χ0) is 32.4. The number of anilines is 1. The number of hydrogen-bond acceptors (Lipinski definition) is 4. The van der Waals surface area contributed by atoms with Gasteiger partial charge >= 0.3 is 0 Å². The second kappa shape index (κ2) is 17.5. The van der Waals surface area contributed by atoms with Gasteiger partial charge < -0.3 is 4.90 Å². The van der Waals surface area contributed by atoms with Gasteiger partial charge in [-0.25, -0.2) is 0 Å². The number of hydrogen-bond donors (Lipinski definition) is 0. The number of halogens is 3. The lowest BCUT2D eigenvalue weighted by molar-refractivity contribution is 0.201. The average molecular weight is 718 g/mol. The van der Waals surface area contributed by atoms with Crippen molar-refractivity contribution in [2.75, 3.05) is 18.0 Å². The summed E-state index contributed by atoms with van der Waals surface area (Å²) in [6.45, 7) is 19.3. The fourth-order valence-corrected chi connectivity index (χ4v) is 6.87. The van der Waals surface area contributed by atoms with Crippen LogP contribution in [0.25, 0.3) is 22.5 Å². The van der Waals surface area contributed by atoms with Gasteiger partial charge in [0.15, 0.2) is 0 Å². The Morgan fingerprint density at radius 1 is 0.633 bits per heavy atom. The normalized spacial score (nSPS) is 13.2. The van der Waals surface area contributed by atoms with E-state index in [0.717, 1.165) is 50.4 Å². The largest absolute Gasteiger partial charge is 0.364 e. The first-order chi connectivity index (χ1) is 22.1. The molecule has 0 spiro atoms. The molecule has 3 heterocycles. The van der Waals surface area contributed by atoms with Gasteiger partial charge in [-0.1, -0.05) is 18.2 Å². The van der Waals surface area contributed by atoms with Crippen molar-refractivity contribution in [1.29, 1.82) is 0 Å². The maximum absolute atomic E-state index is 4.93. The predicted octanol–water partition coefficient (Wildman–Crippen LogP) is 10.9. The van der Waals surface area contributed by atoms with Crippen LogP contribution >= 0.6 is 37.2 Å². The number of likely N-dealkylation sites (tertiary alicyclic amines) is 1. The lowest BCUT2D eigenvalue weighted by atomic mass is 9.98. The molecule has 2 aromatic heterocycles. The van der Waals surface area contributed by atoms with E-state index in [1.54, 1.807) is 0 Å². The molecule has 5 aromatic rings. The van der Waals surface area contributed by atoms with Crippen LogP contribution < -0.4 is 4.90 Å². The number of pyridine rings is 2. The van der Waals surface area contributed by atoms with E-state index in [2.05, 4.69) is 137 Å². The monoisotopic (exact) mass is 716 g/mol. The van der Waals surface area contributed by atoms with Crippen molar-refractivity contribution in [3.63, 3.8) is 0 Å². The quantitative estimate of drug-likeness (QED) is 0.160. The molecule has 49 heavy (non-hydrogen) atoms. The van der Waals surface area contributed by atoms with Crippen molar-refractivity contribution >= 4 is 42.9 Å². The van der Waals surface area contributed by atoms with E-state index in [0.29, 0.717) is 6.04 Å². The number of aryl methyl sites for hydroxylation is 5. The summed E-state index contributed by atoms with van der Waals surface area (Å²) in [6.07, 6.45) is 6.32.